The van der Waals surface area contributed by atoms with Crippen LogP contribution in [0.3, 0.4) is 0 Å². The average molecular weight is 356 g/mol. The van der Waals surface area contributed by atoms with Crippen LogP contribution < -0.4 is 10.1 Å². The molecule has 23 heavy (non-hydrogen) atoms. The molecule has 0 unspecified atom stereocenters. The topological polar surface area (TPSA) is 95.9 Å². The van der Waals surface area contributed by atoms with Gasteiger partial charge in [0.2, 0.25) is 0 Å². The van der Waals surface area contributed by atoms with Crippen molar-refractivity contribution in [2.24, 2.45) is 0 Å². The van der Waals surface area contributed by atoms with E-state index in [0.717, 1.165) is 6.07 Å². The lowest BCUT2D eigenvalue weighted by atomic mass is 10.2. The van der Waals surface area contributed by atoms with Crippen LogP contribution in [0, 0.1) is 0 Å². The van der Waals surface area contributed by atoms with E-state index in [2.05, 4.69) is 5.32 Å². The predicted molar refractivity (Wildman–Crippen MR) is 85.7 cm³/mol. The van der Waals surface area contributed by atoms with E-state index in [0.29, 0.717) is 10.8 Å². The highest BCUT2D eigenvalue weighted by atomic mass is 35.5. The third-order valence-corrected chi connectivity index (χ3v) is 3.30. The molecule has 3 N–H and O–H groups in total. The smallest absolute Gasteiger partial charge is 0.339 e. The van der Waals surface area contributed by atoms with Crippen molar-refractivity contribution in [2.45, 2.75) is 0 Å². The Kier molecular flexibility index (Phi) is 5.31. The number of amides is 1. The van der Waals surface area contributed by atoms with E-state index in [9.17, 15) is 14.7 Å². The van der Waals surface area contributed by atoms with E-state index < -0.39 is 17.6 Å². The first-order valence-electron chi connectivity index (χ1n) is 6.31. The summed E-state index contributed by atoms with van der Waals surface area (Å²) in [5.74, 6) is -1.91. The summed E-state index contributed by atoms with van der Waals surface area (Å²) in [6.45, 7) is -0.317. The number of aromatic carboxylic acids is 1. The molecule has 2 rings (SSSR count). The standard InChI is InChI=1S/C15H11Cl2NO5/c16-8-1-4-13(11(17)5-8)23-7-14(20)18-9-2-3-10(15(21)22)12(19)6-9/h1-6,19H,7H2,(H,18,20)(H,21,22). The van der Waals surface area contributed by atoms with Crippen LogP contribution in [0.5, 0.6) is 11.5 Å². The van der Waals surface area contributed by atoms with E-state index in [4.69, 9.17) is 33.0 Å². The van der Waals surface area contributed by atoms with Gasteiger partial charge in [0, 0.05) is 16.8 Å². The van der Waals surface area contributed by atoms with Crippen LogP contribution in [0.25, 0.3) is 0 Å². The maximum Gasteiger partial charge on any atom is 0.339 e. The number of ether oxygens (including phenoxy) is 1. The minimum Gasteiger partial charge on any atom is -0.507 e. The van der Waals surface area contributed by atoms with Crippen LogP contribution in [0.2, 0.25) is 10.0 Å². The zero-order chi connectivity index (χ0) is 17.0. The van der Waals surface area contributed by atoms with Gasteiger partial charge in [0.25, 0.3) is 5.91 Å². The molecule has 0 atom stereocenters. The van der Waals surface area contributed by atoms with Crippen LogP contribution in [0.15, 0.2) is 36.4 Å². The van der Waals surface area contributed by atoms with Gasteiger partial charge in [0.1, 0.15) is 17.1 Å². The van der Waals surface area contributed by atoms with Gasteiger partial charge in [0.15, 0.2) is 6.61 Å². The van der Waals surface area contributed by atoms with Crippen LogP contribution in [0.1, 0.15) is 10.4 Å². The third-order valence-electron chi connectivity index (χ3n) is 2.76. The molecule has 2 aromatic carbocycles. The first kappa shape index (κ1) is 16.9. The summed E-state index contributed by atoms with van der Waals surface area (Å²) in [7, 11) is 0. The number of carbonyl (C=O) groups excluding carboxylic acids is 1. The first-order chi connectivity index (χ1) is 10.9. The lowest BCUT2D eigenvalue weighted by Crippen LogP contribution is -2.20. The summed E-state index contributed by atoms with van der Waals surface area (Å²) >= 11 is 11.7. The Morgan fingerprint density at radius 1 is 1.13 bits per heavy atom. The number of rotatable bonds is 5. The van der Waals surface area contributed by atoms with Gasteiger partial charge < -0.3 is 20.3 Å². The molecule has 1 amide bonds. The van der Waals surface area contributed by atoms with E-state index >= 15 is 0 Å². The summed E-state index contributed by atoms with van der Waals surface area (Å²) < 4.78 is 5.26. The summed E-state index contributed by atoms with van der Waals surface area (Å²) in [4.78, 5) is 22.6. The maximum absolute atomic E-state index is 11.8. The van der Waals surface area contributed by atoms with Gasteiger partial charge in [0.05, 0.1) is 5.02 Å². The number of aromatic hydroxyl groups is 1. The number of carbonyl (C=O) groups is 2. The van der Waals surface area contributed by atoms with Crippen LogP contribution in [0.4, 0.5) is 5.69 Å². The Bertz CT molecular complexity index is 764. The third kappa shape index (κ3) is 4.51. The van der Waals surface area contributed by atoms with Gasteiger partial charge in [-0.2, -0.15) is 0 Å². The van der Waals surface area contributed by atoms with Crippen LogP contribution >= 0.6 is 23.2 Å². The molecule has 2 aromatic rings. The number of phenols is 1. The number of nitrogens with one attached hydrogen (secondary N) is 1. The summed E-state index contributed by atoms with van der Waals surface area (Å²) in [5.41, 5.74) is -0.0181. The van der Waals surface area contributed by atoms with Crippen molar-refractivity contribution >= 4 is 40.8 Å². The molecule has 0 aliphatic heterocycles. The molecule has 0 heterocycles. The summed E-state index contributed by atoms with van der Waals surface area (Å²) in [6, 6.07) is 8.27. The molecular formula is C15H11Cl2NO5. The SMILES string of the molecule is O=C(COc1ccc(Cl)cc1Cl)Nc1ccc(C(=O)O)c(O)c1. The van der Waals surface area contributed by atoms with Crippen molar-refractivity contribution in [1.29, 1.82) is 0 Å². The van der Waals surface area contributed by atoms with Crippen molar-refractivity contribution in [1.82, 2.24) is 0 Å². The minimum atomic E-state index is -1.26. The molecule has 0 aliphatic carbocycles. The highest BCUT2D eigenvalue weighted by molar-refractivity contribution is 6.35. The number of carboxylic acid groups (broad SMARTS) is 1. The summed E-state index contributed by atoms with van der Waals surface area (Å²) in [6.07, 6.45) is 0. The zero-order valence-corrected chi connectivity index (χ0v) is 13.1. The maximum atomic E-state index is 11.8. The molecule has 120 valence electrons. The number of anilines is 1. The fraction of sp³-hybridized carbons (Fsp3) is 0.0667. The molecule has 0 bridgehead atoms. The monoisotopic (exact) mass is 355 g/mol. The van der Waals surface area contributed by atoms with Crippen molar-refractivity contribution in [3.8, 4) is 11.5 Å². The second-order valence-corrected chi connectivity index (χ2v) is 5.29. The second-order valence-electron chi connectivity index (χ2n) is 4.45. The van der Waals surface area contributed by atoms with Crippen LogP contribution in [-0.2, 0) is 4.79 Å². The number of hydrogen-bond acceptors (Lipinski definition) is 4. The molecular weight excluding hydrogens is 345 g/mol. The number of hydrogen-bond donors (Lipinski definition) is 3. The molecule has 0 fully saturated rings. The Hall–Kier alpha value is -2.44. The molecule has 8 heteroatoms. The molecule has 0 saturated heterocycles. The van der Waals surface area contributed by atoms with Crippen molar-refractivity contribution in [3.63, 3.8) is 0 Å². The first-order valence-corrected chi connectivity index (χ1v) is 7.06. The van der Waals surface area contributed by atoms with Gasteiger partial charge in [-0.3, -0.25) is 4.79 Å². The van der Waals surface area contributed by atoms with E-state index in [-0.39, 0.29) is 22.9 Å². The number of benzene rings is 2. The highest BCUT2D eigenvalue weighted by Crippen LogP contribution is 2.27. The molecule has 6 nitrogen and oxygen atoms in total. The Balaban J connectivity index is 1.97. The van der Waals surface area contributed by atoms with Crippen LogP contribution in [-0.4, -0.2) is 28.7 Å². The van der Waals surface area contributed by atoms with Gasteiger partial charge in [-0.15, -0.1) is 0 Å². The van der Waals surface area contributed by atoms with Gasteiger partial charge in [-0.05, 0) is 30.3 Å². The minimum absolute atomic E-state index is 0.239. The lowest BCUT2D eigenvalue weighted by molar-refractivity contribution is -0.118. The number of halogens is 2. The van der Waals surface area contributed by atoms with E-state index in [1.54, 1.807) is 6.07 Å². The molecule has 0 radical (unpaired) electrons. The van der Waals surface area contributed by atoms with E-state index in [1.165, 1.54) is 24.3 Å². The quantitative estimate of drug-likeness (QED) is 0.763. The van der Waals surface area contributed by atoms with Crippen molar-refractivity contribution < 1.29 is 24.5 Å². The zero-order valence-electron chi connectivity index (χ0n) is 11.5. The Morgan fingerprint density at radius 3 is 2.48 bits per heavy atom. The van der Waals surface area contributed by atoms with Gasteiger partial charge in [-0.1, -0.05) is 23.2 Å². The number of carboxylic acids is 1. The van der Waals surface area contributed by atoms with E-state index in [1.807, 2.05) is 0 Å². The van der Waals surface area contributed by atoms with Gasteiger partial charge in [-0.25, -0.2) is 4.79 Å². The Morgan fingerprint density at radius 2 is 1.87 bits per heavy atom. The fourth-order valence-corrected chi connectivity index (χ4v) is 2.19. The largest absolute Gasteiger partial charge is 0.507 e. The second kappa shape index (κ2) is 7.21. The van der Waals surface area contributed by atoms with Crippen molar-refractivity contribution in [3.05, 3.63) is 52.0 Å². The predicted octanol–water partition coefficient (Wildman–Crippen LogP) is 3.41. The molecule has 0 aliphatic rings. The molecule has 0 saturated carbocycles. The Labute approximate surface area is 141 Å². The molecule has 0 spiro atoms. The summed E-state index contributed by atoms with van der Waals surface area (Å²) in [5, 5.41) is 21.5. The van der Waals surface area contributed by atoms with Gasteiger partial charge >= 0.3 is 5.97 Å². The lowest BCUT2D eigenvalue weighted by Gasteiger charge is -2.09. The van der Waals surface area contributed by atoms with Crippen molar-refractivity contribution in [2.75, 3.05) is 11.9 Å². The normalized spacial score (nSPS) is 10.2. The highest BCUT2D eigenvalue weighted by Gasteiger charge is 2.11. The fourth-order valence-electron chi connectivity index (χ4n) is 1.72. The average Bonchev–Trinajstić information content (AvgIpc) is 2.46. The molecule has 0 aromatic heterocycles.